The van der Waals surface area contributed by atoms with Gasteiger partial charge in [-0.1, -0.05) is 0 Å². The number of nitrogens with zero attached hydrogens (tertiary/aromatic N) is 1. The molecule has 98 valence electrons. The van der Waals surface area contributed by atoms with E-state index in [1.807, 2.05) is 0 Å². The van der Waals surface area contributed by atoms with Crippen molar-refractivity contribution in [3.8, 4) is 5.75 Å². The molecule has 0 aliphatic carbocycles. The van der Waals surface area contributed by atoms with Crippen molar-refractivity contribution in [3.63, 3.8) is 0 Å². The van der Waals surface area contributed by atoms with Crippen LogP contribution in [0.5, 0.6) is 5.75 Å². The minimum atomic E-state index is -1.07. The maximum Gasteiger partial charge on any atom is 0.305 e. The third kappa shape index (κ3) is 4.79. The van der Waals surface area contributed by atoms with E-state index >= 15 is 0 Å². The molecule has 0 aliphatic heterocycles. The lowest BCUT2D eigenvalue weighted by molar-refractivity contribution is -0.384. The van der Waals surface area contributed by atoms with Gasteiger partial charge in [-0.05, 0) is 12.1 Å². The normalized spacial score (nSPS) is 11.8. The van der Waals surface area contributed by atoms with Gasteiger partial charge in [0.2, 0.25) is 0 Å². The fourth-order valence-electron chi connectivity index (χ4n) is 1.28. The van der Waals surface area contributed by atoms with E-state index < -0.39 is 17.0 Å². The van der Waals surface area contributed by atoms with Crippen LogP contribution >= 0.6 is 0 Å². The highest BCUT2D eigenvalue weighted by atomic mass is 16.6. The largest absolute Gasteiger partial charge is 0.493 e. The first-order chi connectivity index (χ1) is 8.49. The Morgan fingerprint density at radius 2 is 2.00 bits per heavy atom. The van der Waals surface area contributed by atoms with Crippen LogP contribution in [0.1, 0.15) is 12.8 Å². The third-order valence-corrected chi connectivity index (χ3v) is 2.18. The number of rotatable bonds is 7. The van der Waals surface area contributed by atoms with Crippen molar-refractivity contribution >= 4 is 11.7 Å². The molecule has 0 radical (unpaired) electrons. The first-order valence-electron chi connectivity index (χ1n) is 5.26. The van der Waals surface area contributed by atoms with Crippen molar-refractivity contribution in [1.82, 2.24) is 0 Å². The van der Waals surface area contributed by atoms with E-state index in [1.54, 1.807) is 0 Å². The van der Waals surface area contributed by atoms with Gasteiger partial charge in [-0.25, -0.2) is 0 Å². The first kappa shape index (κ1) is 13.9. The van der Waals surface area contributed by atoms with E-state index in [2.05, 4.69) is 0 Å². The Hall–Kier alpha value is -2.15. The van der Waals surface area contributed by atoms with Crippen molar-refractivity contribution in [1.29, 1.82) is 0 Å². The summed E-state index contributed by atoms with van der Waals surface area (Å²) in [7, 11) is 0. The molecule has 0 amide bonds. The monoisotopic (exact) mass is 255 g/mol. The number of benzene rings is 1. The number of carboxylic acid groups (broad SMARTS) is 1. The number of ether oxygens (including phenoxy) is 1. The van der Waals surface area contributed by atoms with Crippen molar-refractivity contribution < 1.29 is 24.7 Å². The average molecular weight is 255 g/mol. The molecular formula is C11H13NO6. The second kappa shape index (κ2) is 6.55. The molecule has 1 aromatic carbocycles. The second-order valence-electron chi connectivity index (χ2n) is 3.64. The molecule has 0 saturated carbocycles. The number of aliphatic hydroxyl groups excluding tert-OH is 1. The topological polar surface area (TPSA) is 110 Å². The van der Waals surface area contributed by atoms with Crippen LogP contribution < -0.4 is 4.74 Å². The molecule has 7 nitrogen and oxygen atoms in total. The van der Waals surface area contributed by atoms with Crippen LogP contribution in [-0.4, -0.2) is 33.8 Å². The van der Waals surface area contributed by atoms with Crippen LogP contribution in [0.3, 0.4) is 0 Å². The average Bonchev–Trinajstić information content (AvgIpc) is 2.28. The van der Waals surface area contributed by atoms with Crippen LogP contribution in [0.15, 0.2) is 24.3 Å². The van der Waals surface area contributed by atoms with Crippen molar-refractivity contribution in [2.24, 2.45) is 0 Å². The van der Waals surface area contributed by atoms with E-state index in [9.17, 15) is 20.0 Å². The highest BCUT2D eigenvalue weighted by molar-refractivity contribution is 5.67. The summed E-state index contributed by atoms with van der Waals surface area (Å²) >= 11 is 0. The van der Waals surface area contributed by atoms with Gasteiger partial charge in [-0.15, -0.1) is 0 Å². The van der Waals surface area contributed by atoms with Gasteiger partial charge in [0.25, 0.3) is 5.69 Å². The van der Waals surface area contributed by atoms with Gasteiger partial charge < -0.3 is 14.9 Å². The van der Waals surface area contributed by atoms with Gasteiger partial charge >= 0.3 is 5.97 Å². The summed E-state index contributed by atoms with van der Waals surface area (Å²) < 4.78 is 5.22. The van der Waals surface area contributed by atoms with Crippen molar-refractivity contribution in [3.05, 3.63) is 34.4 Å². The molecule has 0 bridgehead atoms. The summed E-state index contributed by atoms with van der Waals surface area (Å²) in [5.41, 5.74) is -0.0340. The molecule has 1 aromatic rings. The summed E-state index contributed by atoms with van der Waals surface area (Å²) in [5, 5.41) is 28.1. The number of carbonyl (C=O) groups is 1. The quantitative estimate of drug-likeness (QED) is 0.559. The number of nitro groups is 1. The number of hydrogen-bond acceptors (Lipinski definition) is 5. The van der Waals surface area contributed by atoms with Crippen LogP contribution in [0.2, 0.25) is 0 Å². The predicted octanol–water partition coefficient (Wildman–Crippen LogP) is 1.20. The minimum absolute atomic E-state index is 0.0340. The van der Waals surface area contributed by atoms with Gasteiger partial charge in [-0.3, -0.25) is 14.9 Å². The minimum Gasteiger partial charge on any atom is -0.493 e. The maximum atomic E-state index is 10.4. The Labute approximate surface area is 103 Å². The van der Waals surface area contributed by atoms with Crippen LogP contribution in [0, 0.1) is 10.1 Å². The zero-order valence-corrected chi connectivity index (χ0v) is 9.48. The number of non-ortho nitro benzene ring substituents is 1. The van der Waals surface area contributed by atoms with E-state index in [1.165, 1.54) is 24.3 Å². The standard InChI is InChI=1S/C11H13NO6/c13-9(7-11(14)15)5-6-18-10-3-1-8(2-4-10)12(16)17/h1-4,9,13H,5-7H2,(H,14,15). The summed E-state index contributed by atoms with van der Waals surface area (Å²) in [5.74, 6) is -0.638. The zero-order valence-electron chi connectivity index (χ0n) is 9.48. The molecule has 7 heteroatoms. The lowest BCUT2D eigenvalue weighted by atomic mass is 10.2. The first-order valence-corrected chi connectivity index (χ1v) is 5.26. The van der Waals surface area contributed by atoms with Gasteiger partial charge in [0.1, 0.15) is 5.75 Å². The Bertz CT molecular complexity index is 416. The van der Waals surface area contributed by atoms with Crippen LogP contribution in [0.4, 0.5) is 5.69 Å². The lowest BCUT2D eigenvalue weighted by Crippen LogP contribution is -2.16. The number of carboxylic acids is 1. The Morgan fingerprint density at radius 1 is 1.39 bits per heavy atom. The molecule has 0 spiro atoms. The fourth-order valence-corrected chi connectivity index (χ4v) is 1.28. The van der Waals surface area contributed by atoms with E-state index in [0.29, 0.717) is 5.75 Å². The molecule has 0 aliphatic rings. The molecule has 1 unspecified atom stereocenters. The molecule has 0 fully saturated rings. The number of nitro benzene ring substituents is 1. The maximum absolute atomic E-state index is 10.4. The third-order valence-electron chi connectivity index (χ3n) is 2.18. The van der Waals surface area contributed by atoms with Gasteiger partial charge in [-0.2, -0.15) is 0 Å². The smallest absolute Gasteiger partial charge is 0.305 e. The van der Waals surface area contributed by atoms with Gasteiger partial charge in [0.05, 0.1) is 24.1 Å². The summed E-state index contributed by atoms with van der Waals surface area (Å²) in [6.45, 7) is 0.145. The van der Waals surface area contributed by atoms with E-state index in [-0.39, 0.29) is 25.1 Å². The predicted molar refractivity (Wildman–Crippen MR) is 61.5 cm³/mol. The van der Waals surface area contributed by atoms with E-state index in [0.717, 1.165) is 0 Å². The molecule has 0 aromatic heterocycles. The molecule has 18 heavy (non-hydrogen) atoms. The molecular weight excluding hydrogens is 242 g/mol. The lowest BCUT2D eigenvalue weighted by Gasteiger charge is -2.09. The van der Waals surface area contributed by atoms with E-state index in [4.69, 9.17) is 9.84 Å². The number of aliphatic hydroxyl groups is 1. The van der Waals surface area contributed by atoms with Crippen molar-refractivity contribution in [2.75, 3.05) is 6.61 Å². The molecule has 1 rings (SSSR count). The van der Waals surface area contributed by atoms with Gasteiger partial charge in [0.15, 0.2) is 0 Å². The Balaban J connectivity index is 2.35. The Morgan fingerprint density at radius 3 is 2.50 bits per heavy atom. The molecule has 0 heterocycles. The SMILES string of the molecule is O=C(O)CC(O)CCOc1ccc([N+](=O)[O-])cc1. The summed E-state index contributed by atoms with van der Waals surface area (Å²) in [6.07, 6.45) is -1.10. The summed E-state index contributed by atoms with van der Waals surface area (Å²) in [6, 6.07) is 5.51. The fraction of sp³-hybridized carbons (Fsp3) is 0.364. The zero-order chi connectivity index (χ0) is 13.5. The van der Waals surface area contributed by atoms with Crippen LogP contribution in [-0.2, 0) is 4.79 Å². The number of hydrogen-bond donors (Lipinski definition) is 2. The second-order valence-corrected chi connectivity index (χ2v) is 3.64. The highest BCUT2D eigenvalue weighted by Gasteiger charge is 2.09. The van der Waals surface area contributed by atoms with Crippen LogP contribution in [0.25, 0.3) is 0 Å². The van der Waals surface area contributed by atoms with Gasteiger partial charge in [0, 0.05) is 18.6 Å². The molecule has 0 saturated heterocycles. The van der Waals surface area contributed by atoms with Crippen molar-refractivity contribution in [2.45, 2.75) is 18.9 Å². The number of aliphatic carboxylic acids is 1. The highest BCUT2D eigenvalue weighted by Crippen LogP contribution is 2.17. The Kier molecular flexibility index (Phi) is 5.06. The molecule has 2 N–H and O–H groups in total. The summed E-state index contributed by atoms with van der Waals surface area (Å²) in [4.78, 5) is 20.2. The molecule has 1 atom stereocenters.